The zero-order valence-electron chi connectivity index (χ0n) is 13.1. The summed E-state index contributed by atoms with van der Waals surface area (Å²) in [5.74, 6) is 0.414. The van der Waals surface area contributed by atoms with E-state index in [4.69, 9.17) is 4.74 Å². The van der Waals surface area contributed by atoms with Gasteiger partial charge in [-0.1, -0.05) is 44.2 Å². The highest BCUT2D eigenvalue weighted by atomic mass is 16.5. The van der Waals surface area contributed by atoms with Crippen LogP contribution in [0.25, 0.3) is 0 Å². The van der Waals surface area contributed by atoms with Gasteiger partial charge in [-0.25, -0.2) is 4.79 Å². The van der Waals surface area contributed by atoms with Crippen LogP contribution in [0.4, 0.5) is 10.5 Å². The Kier molecular flexibility index (Phi) is 5.04. The summed E-state index contributed by atoms with van der Waals surface area (Å²) in [5, 5.41) is 12.7. The Morgan fingerprint density at radius 2 is 1.91 bits per heavy atom. The van der Waals surface area contributed by atoms with Gasteiger partial charge in [0.15, 0.2) is 0 Å². The van der Waals surface area contributed by atoms with E-state index in [1.54, 1.807) is 12.1 Å². The first-order valence-corrected chi connectivity index (χ1v) is 7.28. The first-order valence-electron chi connectivity index (χ1n) is 7.28. The molecule has 0 aliphatic heterocycles. The number of nitrogens with one attached hydrogen (secondary N) is 1. The molecule has 0 bridgehead atoms. The molecule has 2 aromatic rings. The molecule has 2 N–H and O–H groups in total. The van der Waals surface area contributed by atoms with Crippen molar-refractivity contribution in [2.45, 2.75) is 33.3 Å². The Morgan fingerprint density at radius 1 is 1.23 bits per heavy atom. The van der Waals surface area contributed by atoms with E-state index >= 15 is 0 Å². The SMILES string of the molecule is Cc1cc(O)c(C(C)C)cc1NC(=O)OCc1ccccc1. The first kappa shape index (κ1) is 15.9. The number of hydrogen-bond donors (Lipinski definition) is 2. The van der Waals surface area contributed by atoms with Crippen molar-refractivity contribution in [2.75, 3.05) is 5.32 Å². The maximum Gasteiger partial charge on any atom is 0.411 e. The number of phenols is 1. The Balaban J connectivity index is 2.03. The van der Waals surface area contributed by atoms with E-state index in [9.17, 15) is 9.90 Å². The standard InChI is InChI=1S/C18H21NO3/c1-12(2)15-10-16(13(3)9-17(15)20)19-18(21)22-11-14-7-5-4-6-8-14/h4-10,12,20H,11H2,1-3H3,(H,19,21). The highest BCUT2D eigenvalue weighted by Crippen LogP contribution is 2.31. The minimum atomic E-state index is -0.507. The van der Waals surface area contributed by atoms with Crippen molar-refractivity contribution in [3.8, 4) is 5.75 Å². The van der Waals surface area contributed by atoms with Gasteiger partial charge in [0.25, 0.3) is 0 Å². The Bertz CT molecular complexity index is 651. The van der Waals surface area contributed by atoms with Gasteiger partial charge < -0.3 is 9.84 Å². The van der Waals surface area contributed by atoms with Crippen molar-refractivity contribution in [1.82, 2.24) is 0 Å². The van der Waals surface area contributed by atoms with Crippen LogP contribution in [0, 0.1) is 6.92 Å². The summed E-state index contributed by atoms with van der Waals surface area (Å²) in [5.41, 5.74) is 3.17. The maximum atomic E-state index is 11.9. The topological polar surface area (TPSA) is 58.6 Å². The molecule has 0 radical (unpaired) electrons. The molecule has 0 heterocycles. The molecule has 4 nitrogen and oxygen atoms in total. The van der Waals surface area contributed by atoms with Gasteiger partial charge in [0, 0.05) is 5.69 Å². The summed E-state index contributed by atoms with van der Waals surface area (Å²) in [6.45, 7) is 6.03. The lowest BCUT2D eigenvalue weighted by molar-refractivity contribution is 0.155. The van der Waals surface area contributed by atoms with Gasteiger partial charge in [0.2, 0.25) is 0 Å². The van der Waals surface area contributed by atoms with Crippen LogP contribution >= 0.6 is 0 Å². The Labute approximate surface area is 130 Å². The number of carbonyl (C=O) groups excluding carboxylic acids is 1. The van der Waals surface area contributed by atoms with Gasteiger partial charge in [-0.2, -0.15) is 0 Å². The second-order valence-electron chi connectivity index (χ2n) is 5.57. The number of anilines is 1. The lowest BCUT2D eigenvalue weighted by Crippen LogP contribution is -2.14. The van der Waals surface area contributed by atoms with E-state index in [2.05, 4.69) is 5.32 Å². The third kappa shape index (κ3) is 4.01. The number of phenolic OH excluding ortho intramolecular Hbond substituents is 1. The number of benzene rings is 2. The summed E-state index contributed by atoms with van der Waals surface area (Å²) in [4.78, 5) is 11.9. The van der Waals surface area contributed by atoms with Crippen LogP contribution < -0.4 is 5.32 Å². The van der Waals surface area contributed by atoms with Crippen LogP contribution in [0.3, 0.4) is 0 Å². The molecule has 0 unspecified atom stereocenters. The normalized spacial score (nSPS) is 10.5. The quantitative estimate of drug-likeness (QED) is 0.813. The van der Waals surface area contributed by atoms with E-state index in [0.29, 0.717) is 5.69 Å². The molecule has 22 heavy (non-hydrogen) atoms. The number of rotatable bonds is 4. The van der Waals surface area contributed by atoms with Crippen molar-refractivity contribution in [3.05, 3.63) is 59.2 Å². The summed E-state index contributed by atoms with van der Waals surface area (Å²) in [7, 11) is 0. The Morgan fingerprint density at radius 3 is 2.55 bits per heavy atom. The van der Waals surface area contributed by atoms with Crippen LogP contribution in [0.15, 0.2) is 42.5 Å². The molecule has 1 amide bonds. The molecule has 0 saturated carbocycles. The fourth-order valence-corrected chi connectivity index (χ4v) is 2.18. The van der Waals surface area contributed by atoms with E-state index < -0.39 is 6.09 Å². The molecule has 2 rings (SSSR count). The van der Waals surface area contributed by atoms with Crippen LogP contribution in [-0.2, 0) is 11.3 Å². The van der Waals surface area contributed by atoms with Gasteiger partial charge in [-0.15, -0.1) is 0 Å². The lowest BCUT2D eigenvalue weighted by Gasteiger charge is -2.14. The van der Waals surface area contributed by atoms with Crippen molar-refractivity contribution < 1.29 is 14.6 Å². The van der Waals surface area contributed by atoms with Gasteiger partial charge >= 0.3 is 6.09 Å². The van der Waals surface area contributed by atoms with Gasteiger partial charge in [-0.3, -0.25) is 5.32 Å². The molecule has 0 aliphatic carbocycles. The van der Waals surface area contributed by atoms with E-state index in [0.717, 1.165) is 16.7 Å². The van der Waals surface area contributed by atoms with Crippen LogP contribution in [0.1, 0.15) is 36.5 Å². The molecular formula is C18H21NO3. The molecule has 0 aromatic heterocycles. The van der Waals surface area contributed by atoms with Crippen molar-refractivity contribution in [1.29, 1.82) is 0 Å². The average Bonchev–Trinajstić information content (AvgIpc) is 2.48. The highest BCUT2D eigenvalue weighted by molar-refractivity contribution is 5.86. The predicted octanol–water partition coefficient (Wildman–Crippen LogP) is 4.57. The summed E-state index contributed by atoms with van der Waals surface area (Å²) in [6.07, 6.45) is -0.507. The van der Waals surface area contributed by atoms with Crippen molar-refractivity contribution in [3.63, 3.8) is 0 Å². The van der Waals surface area contributed by atoms with Gasteiger partial charge in [0.05, 0.1) is 0 Å². The molecular weight excluding hydrogens is 278 g/mol. The molecule has 4 heteroatoms. The van der Waals surface area contributed by atoms with Gasteiger partial charge in [-0.05, 0) is 41.7 Å². The number of hydrogen-bond acceptors (Lipinski definition) is 3. The second kappa shape index (κ2) is 6.98. The van der Waals surface area contributed by atoms with E-state index in [1.165, 1.54) is 0 Å². The first-order chi connectivity index (χ1) is 10.5. The van der Waals surface area contributed by atoms with E-state index in [-0.39, 0.29) is 18.3 Å². The monoisotopic (exact) mass is 299 g/mol. The minimum Gasteiger partial charge on any atom is -0.508 e. The predicted molar refractivity (Wildman–Crippen MR) is 87.2 cm³/mol. The third-order valence-electron chi connectivity index (χ3n) is 3.45. The fourth-order valence-electron chi connectivity index (χ4n) is 2.18. The zero-order valence-corrected chi connectivity index (χ0v) is 13.1. The zero-order chi connectivity index (χ0) is 16.1. The lowest BCUT2D eigenvalue weighted by atomic mass is 9.99. The number of aromatic hydroxyl groups is 1. The number of ether oxygens (including phenoxy) is 1. The summed E-state index contributed by atoms with van der Waals surface area (Å²) >= 11 is 0. The van der Waals surface area contributed by atoms with Gasteiger partial charge in [0.1, 0.15) is 12.4 Å². The molecule has 2 aromatic carbocycles. The highest BCUT2D eigenvalue weighted by Gasteiger charge is 2.12. The molecule has 116 valence electrons. The number of carbonyl (C=O) groups is 1. The fraction of sp³-hybridized carbons (Fsp3) is 0.278. The molecule has 0 saturated heterocycles. The molecule has 0 fully saturated rings. The summed E-state index contributed by atoms with van der Waals surface area (Å²) < 4.78 is 5.21. The van der Waals surface area contributed by atoms with Crippen molar-refractivity contribution in [2.24, 2.45) is 0 Å². The maximum absolute atomic E-state index is 11.9. The minimum absolute atomic E-state index is 0.168. The van der Waals surface area contributed by atoms with Crippen LogP contribution in [0.2, 0.25) is 0 Å². The van der Waals surface area contributed by atoms with E-state index in [1.807, 2.05) is 51.1 Å². The number of amides is 1. The molecule has 0 spiro atoms. The average molecular weight is 299 g/mol. The van der Waals surface area contributed by atoms with Crippen LogP contribution in [-0.4, -0.2) is 11.2 Å². The van der Waals surface area contributed by atoms with Crippen LogP contribution in [0.5, 0.6) is 5.75 Å². The largest absolute Gasteiger partial charge is 0.508 e. The Hall–Kier alpha value is -2.49. The molecule has 0 aliphatic rings. The second-order valence-corrected chi connectivity index (χ2v) is 5.57. The number of aryl methyl sites for hydroxylation is 1. The molecule has 0 atom stereocenters. The smallest absolute Gasteiger partial charge is 0.411 e. The third-order valence-corrected chi connectivity index (χ3v) is 3.45. The summed E-state index contributed by atoms with van der Waals surface area (Å²) in [6, 6.07) is 13.0. The van der Waals surface area contributed by atoms with Crippen molar-refractivity contribution >= 4 is 11.8 Å².